The van der Waals surface area contributed by atoms with Gasteiger partial charge in [-0.2, -0.15) is 5.10 Å². The smallest absolute Gasteiger partial charge is 0.321 e. The number of aliphatic carboxylic acids is 1. The first-order valence-electron chi connectivity index (χ1n) is 15.8. The highest BCUT2D eigenvalue weighted by Crippen LogP contribution is 2.45. The zero-order valence-electron chi connectivity index (χ0n) is 25.7. The monoisotopic (exact) mass is 574 g/mol. The van der Waals surface area contributed by atoms with Crippen molar-refractivity contribution in [3.8, 4) is 0 Å². The second kappa shape index (κ2) is 13.1. The number of carboxylic acids is 1. The van der Waals surface area contributed by atoms with Crippen LogP contribution >= 0.6 is 0 Å². The third-order valence-corrected chi connectivity index (χ3v) is 9.79. The van der Waals surface area contributed by atoms with E-state index in [2.05, 4.69) is 52.9 Å². The van der Waals surface area contributed by atoms with Crippen molar-refractivity contribution in [1.29, 1.82) is 0 Å². The molecule has 3 aromatic rings. The Morgan fingerprint density at radius 1 is 1.10 bits per heavy atom. The summed E-state index contributed by atoms with van der Waals surface area (Å²) < 4.78 is 17.8. The average molecular weight is 575 g/mol. The van der Waals surface area contributed by atoms with Gasteiger partial charge in [0, 0.05) is 42.2 Å². The van der Waals surface area contributed by atoms with Crippen LogP contribution in [-0.2, 0) is 29.8 Å². The van der Waals surface area contributed by atoms with Crippen molar-refractivity contribution < 1.29 is 14.3 Å². The first-order chi connectivity index (χ1) is 20.2. The summed E-state index contributed by atoms with van der Waals surface area (Å²) in [6, 6.07) is 17.9. The number of likely N-dealkylation sites (N-methyl/N-ethyl adjacent to an activating group) is 1. The summed E-state index contributed by atoms with van der Waals surface area (Å²) in [7, 11) is 1.91. The van der Waals surface area contributed by atoms with Crippen LogP contribution in [-0.4, -0.2) is 56.8 Å². The summed E-state index contributed by atoms with van der Waals surface area (Å²) >= 11 is 0. The van der Waals surface area contributed by atoms with E-state index in [4.69, 9.17) is 5.10 Å². The zero-order valence-corrected chi connectivity index (χ0v) is 25.7. The summed E-state index contributed by atoms with van der Waals surface area (Å²) in [4.78, 5) is 16.5. The number of aromatic nitrogens is 2. The second-order valence-corrected chi connectivity index (χ2v) is 12.8. The van der Waals surface area contributed by atoms with Gasteiger partial charge in [0.2, 0.25) is 0 Å². The van der Waals surface area contributed by atoms with Gasteiger partial charge in [0.1, 0.15) is 11.9 Å². The molecule has 1 aromatic heterocycles. The van der Waals surface area contributed by atoms with Crippen LogP contribution in [0.1, 0.15) is 93.3 Å². The van der Waals surface area contributed by atoms with Gasteiger partial charge in [-0.05, 0) is 81.9 Å². The summed E-state index contributed by atoms with van der Waals surface area (Å²) in [5.74, 6) is -0.566. The van der Waals surface area contributed by atoms with Crippen LogP contribution in [0.5, 0.6) is 0 Å². The maximum Gasteiger partial charge on any atom is 0.321 e. The van der Waals surface area contributed by atoms with Crippen LogP contribution < -0.4 is 0 Å². The molecule has 5 rings (SSSR count). The lowest BCUT2D eigenvalue weighted by molar-refractivity contribution is -0.147. The lowest BCUT2D eigenvalue weighted by atomic mass is 9.83. The fourth-order valence-electron chi connectivity index (χ4n) is 7.52. The first-order valence-corrected chi connectivity index (χ1v) is 15.8. The highest BCUT2D eigenvalue weighted by atomic mass is 19.1. The lowest BCUT2D eigenvalue weighted by Gasteiger charge is -2.44. The maximum absolute atomic E-state index is 15.7. The molecule has 1 aliphatic carbocycles. The van der Waals surface area contributed by atoms with Crippen LogP contribution in [0.4, 0.5) is 4.39 Å². The van der Waals surface area contributed by atoms with Gasteiger partial charge in [-0.15, -0.1) is 0 Å². The van der Waals surface area contributed by atoms with Gasteiger partial charge in [-0.25, -0.2) is 4.39 Å². The van der Waals surface area contributed by atoms with E-state index in [0.29, 0.717) is 12.5 Å². The van der Waals surface area contributed by atoms with Crippen LogP contribution in [0.25, 0.3) is 0 Å². The number of hydrogen-bond acceptors (Lipinski definition) is 4. The normalized spacial score (nSPS) is 18.6. The Kier molecular flexibility index (Phi) is 9.48. The number of carboxylic acid groups (broad SMARTS) is 1. The Morgan fingerprint density at radius 3 is 2.38 bits per heavy atom. The molecule has 0 spiro atoms. The molecule has 42 heavy (non-hydrogen) atoms. The van der Waals surface area contributed by atoms with Gasteiger partial charge in [-0.1, -0.05) is 69.2 Å². The van der Waals surface area contributed by atoms with Crippen LogP contribution in [0.2, 0.25) is 0 Å². The van der Waals surface area contributed by atoms with Gasteiger partial charge in [0.15, 0.2) is 0 Å². The first kappa shape index (κ1) is 30.4. The van der Waals surface area contributed by atoms with Gasteiger partial charge < -0.3 is 5.11 Å². The quantitative estimate of drug-likeness (QED) is 0.272. The van der Waals surface area contributed by atoms with Gasteiger partial charge in [-0.3, -0.25) is 19.3 Å². The Morgan fingerprint density at radius 2 is 1.79 bits per heavy atom. The lowest BCUT2D eigenvalue weighted by Crippen LogP contribution is -2.53. The zero-order chi connectivity index (χ0) is 29.9. The fraction of sp³-hybridized carbons (Fsp3) is 0.543. The number of rotatable bonds is 11. The summed E-state index contributed by atoms with van der Waals surface area (Å²) in [6.07, 6.45) is 6.68. The molecule has 0 amide bonds. The number of aryl methyl sites for hydroxylation is 1. The minimum atomic E-state index is -0.811. The summed E-state index contributed by atoms with van der Waals surface area (Å²) in [6.45, 7) is 9.37. The van der Waals surface area contributed by atoms with Crippen LogP contribution in [0.3, 0.4) is 0 Å². The molecule has 1 N–H and O–H groups in total. The SMILES string of the molecule is CCn1nc(Cc2ccccc2)cc1C1CCN(Cc2ccc(C3(N(C)[C@@H](C(=O)O)C(C)C)CCCC3)cc2F)CC1. The van der Waals surface area contributed by atoms with E-state index in [9.17, 15) is 9.90 Å². The standard InChI is InChI=1S/C35H47FN4O2/c1-5-40-32(23-30(37-40)21-26-11-7-6-8-12-26)27-15-19-39(20-16-27)24-28-13-14-29(22-31(28)36)35(17-9-10-18-35)38(4)33(25(2)3)34(41)42/h6-8,11-14,22-23,25,27,33H,5,9-10,15-21,24H2,1-4H3,(H,41,42)/t33-/m1/s1. The molecule has 7 heteroatoms. The number of benzene rings is 2. The highest BCUT2D eigenvalue weighted by Gasteiger charge is 2.45. The number of nitrogens with zero attached hydrogens (tertiary/aromatic N) is 4. The maximum atomic E-state index is 15.7. The Bertz CT molecular complexity index is 1340. The number of hydrogen-bond donors (Lipinski definition) is 1. The van der Waals surface area contributed by atoms with Crippen molar-refractivity contribution >= 4 is 5.97 Å². The molecule has 0 radical (unpaired) electrons. The molecule has 2 aromatic carbocycles. The van der Waals surface area contributed by atoms with Crippen molar-refractivity contribution in [2.24, 2.45) is 5.92 Å². The third kappa shape index (κ3) is 6.32. The molecule has 2 aliphatic rings. The topological polar surface area (TPSA) is 61.6 Å². The Labute approximate surface area is 250 Å². The van der Waals surface area contributed by atoms with Crippen molar-refractivity contribution in [3.63, 3.8) is 0 Å². The minimum absolute atomic E-state index is 0.0385. The largest absolute Gasteiger partial charge is 0.480 e. The number of piperidine rings is 1. The van der Waals surface area contributed by atoms with Crippen molar-refractivity contribution in [2.75, 3.05) is 20.1 Å². The van der Waals surface area contributed by atoms with E-state index in [0.717, 1.165) is 81.4 Å². The van der Waals surface area contributed by atoms with E-state index in [1.165, 1.54) is 11.3 Å². The molecule has 6 nitrogen and oxygen atoms in total. The predicted octanol–water partition coefficient (Wildman–Crippen LogP) is 6.82. The van der Waals surface area contributed by atoms with E-state index in [1.54, 1.807) is 6.07 Å². The molecule has 2 heterocycles. The predicted molar refractivity (Wildman–Crippen MR) is 165 cm³/mol. The summed E-state index contributed by atoms with van der Waals surface area (Å²) in [5, 5.41) is 14.9. The van der Waals surface area contributed by atoms with Crippen molar-refractivity contribution in [3.05, 3.63) is 88.5 Å². The van der Waals surface area contributed by atoms with E-state index >= 15 is 4.39 Å². The Hall–Kier alpha value is -3.03. The van der Waals surface area contributed by atoms with Crippen molar-refractivity contribution in [1.82, 2.24) is 19.6 Å². The molecule has 2 fully saturated rings. The number of halogens is 1. The number of carbonyl (C=O) groups is 1. The van der Waals surface area contributed by atoms with E-state index < -0.39 is 17.6 Å². The number of likely N-dealkylation sites (tertiary alicyclic amines) is 1. The molecule has 0 unspecified atom stereocenters. The molecule has 1 aliphatic heterocycles. The molecule has 1 atom stereocenters. The van der Waals surface area contributed by atoms with E-state index in [-0.39, 0.29) is 11.7 Å². The fourth-order valence-corrected chi connectivity index (χ4v) is 7.52. The third-order valence-electron chi connectivity index (χ3n) is 9.79. The van der Waals surface area contributed by atoms with E-state index in [1.807, 2.05) is 37.9 Å². The molecular weight excluding hydrogens is 527 g/mol. The Balaban J connectivity index is 1.24. The molecule has 0 bridgehead atoms. The molecular formula is C35H47FN4O2. The molecule has 226 valence electrons. The second-order valence-electron chi connectivity index (χ2n) is 12.8. The van der Waals surface area contributed by atoms with Crippen molar-refractivity contribution in [2.45, 2.75) is 96.3 Å². The van der Waals surface area contributed by atoms with Crippen LogP contribution in [0.15, 0.2) is 54.6 Å². The van der Waals surface area contributed by atoms with Gasteiger partial charge in [0.05, 0.1) is 5.69 Å². The highest BCUT2D eigenvalue weighted by molar-refractivity contribution is 5.74. The van der Waals surface area contributed by atoms with Gasteiger partial charge in [0.25, 0.3) is 0 Å². The minimum Gasteiger partial charge on any atom is -0.480 e. The van der Waals surface area contributed by atoms with Gasteiger partial charge >= 0.3 is 5.97 Å². The molecule has 1 saturated carbocycles. The molecule has 1 saturated heterocycles. The average Bonchev–Trinajstić information content (AvgIpc) is 3.63. The van der Waals surface area contributed by atoms with Crippen LogP contribution in [0, 0.1) is 11.7 Å². The summed E-state index contributed by atoms with van der Waals surface area (Å²) in [5.41, 5.74) is 4.91.